The maximum absolute atomic E-state index is 11.9. The Hall–Kier alpha value is -1.56. The number of carboxylic acid groups (broad SMARTS) is 1. The van der Waals surface area contributed by atoms with Crippen LogP contribution in [0.3, 0.4) is 0 Å². The molecule has 2 atom stereocenters. The SMILES string of the molecule is COc1ccc(NC(=O)C(C)C(C)C(=O)O)cc1Br. The second-order valence-electron chi connectivity index (χ2n) is 4.25. The summed E-state index contributed by atoms with van der Waals surface area (Å²) in [6, 6.07) is 5.11. The largest absolute Gasteiger partial charge is 0.496 e. The molecule has 0 bridgehead atoms. The van der Waals surface area contributed by atoms with Crippen LogP contribution in [0, 0.1) is 11.8 Å². The van der Waals surface area contributed by atoms with Crippen molar-refractivity contribution in [1.82, 2.24) is 0 Å². The number of hydrogen-bond donors (Lipinski definition) is 2. The minimum absolute atomic E-state index is 0.327. The van der Waals surface area contributed by atoms with E-state index in [1.165, 1.54) is 6.92 Å². The van der Waals surface area contributed by atoms with Crippen molar-refractivity contribution in [1.29, 1.82) is 0 Å². The van der Waals surface area contributed by atoms with Crippen LogP contribution in [0.4, 0.5) is 5.69 Å². The Morgan fingerprint density at radius 2 is 1.95 bits per heavy atom. The summed E-state index contributed by atoms with van der Waals surface area (Å²) < 4.78 is 5.80. The molecular weight excluding hydrogens is 314 g/mol. The highest BCUT2D eigenvalue weighted by Crippen LogP contribution is 2.28. The van der Waals surface area contributed by atoms with Gasteiger partial charge in [-0.2, -0.15) is 0 Å². The number of benzene rings is 1. The fourth-order valence-electron chi connectivity index (χ4n) is 1.44. The number of carbonyl (C=O) groups excluding carboxylic acids is 1. The lowest BCUT2D eigenvalue weighted by Crippen LogP contribution is -2.29. The van der Waals surface area contributed by atoms with Crippen molar-refractivity contribution in [2.75, 3.05) is 12.4 Å². The van der Waals surface area contributed by atoms with Crippen molar-refractivity contribution in [3.8, 4) is 5.75 Å². The summed E-state index contributed by atoms with van der Waals surface area (Å²) in [5, 5.41) is 11.6. The number of carbonyl (C=O) groups is 2. The van der Waals surface area contributed by atoms with Gasteiger partial charge in [0.2, 0.25) is 5.91 Å². The third kappa shape index (κ3) is 3.96. The molecule has 0 saturated heterocycles. The number of rotatable bonds is 5. The Kier molecular flexibility index (Phi) is 5.35. The van der Waals surface area contributed by atoms with Crippen molar-refractivity contribution >= 4 is 33.5 Å². The number of ether oxygens (including phenoxy) is 1. The average Bonchev–Trinajstić information content (AvgIpc) is 2.37. The molecule has 5 nitrogen and oxygen atoms in total. The zero-order valence-corrected chi connectivity index (χ0v) is 12.5. The van der Waals surface area contributed by atoms with Crippen molar-refractivity contribution in [3.05, 3.63) is 22.7 Å². The Bertz CT molecular complexity index is 490. The Labute approximate surface area is 120 Å². The lowest BCUT2D eigenvalue weighted by Gasteiger charge is -2.16. The van der Waals surface area contributed by atoms with Crippen LogP contribution in [-0.2, 0) is 9.59 Å². The molecule has 2 unspecified atom stereocenters. The summed E-state index contributed by atoms with van der Waals surface area (Å²) in [6.45, 7) is 3.10. The van der Waals surface area contributed by atoms with E-state index in [0.29, 0.717) is 15.9 Å². The number of amides is 1. The van der Waals surface area contributed by atoms with Gasteiger partial charge < -0.3 is 15.2 Å². The number of halogens is 1. The van der Waals surface area contributed by atoms with Crippen LogP contribution in [0.15, 0.2) is 22.7 Å². The molecule has 0 fully saturated rings. The van der Waals surface area contributed by atoms with E-state index >= 15 is 0 Å². The highest BCUT2D eigenvalue weighted by atomic mass is 79.9. The van der Waals surface area contributed by atoms with Gasteiger partial charge in [-0.25, -0.2) is 0 Å². The number of hydrogen-bond acceptors (Lipinski definition) is 3. The van der Waals surface area contributed by atoms with Crippen LogP contribution < -0.4 is 10.1 Å². The topological polar surface area (TPSA) is 75.6 Å². The third-order valence-electron chi connectivity index (χ3n) is 2.97. The maximum atomic E-state index is 11.9. The van der Waals surface area contributed by atoms with Gasteiger partial charge in [0, 0.05) is 11.6 Å². The van der Waals surface area contributed by atoms with Gasteiger partial charge in [-0.1, -0.05) is 13.8 Å². The smallest absolute Gasteiger partial charge is 0.307 e. The molecule has 104 valence electrons. The van der Waals surface area contributed by atoms with Crippen LogP contribution in [0.5, 0.6) is 5.75 Å². The standard InChI is InChI=1S/C13H16BrNO4/c1-7(8(2)13(17)18)12(16)15-9-4-5-11(19-3)10(14)6-9/h4-8H,1-3H3,(H,15,16)(H,17,18). The van der Waals surface area contributed by atoms with E-state index in [-0.39, 0.29) is 5.91 Å². The lowest BCUT2D eigenvalue weighted by molar-refractivity contribution is -0.145. The van der Waals surface area contributed by atoms with Crippen LogP contribution in [0.1, 0.15) is 13.8 Å². The first kappa shape index (κ1) is 15.5. The van der Waals surface area contributed by atoms with E-state index in [0.717, 1.165) is 0 Å². The van der Waals surface area contributed by atoms with E-state index in [1.54, 1.807) is 32.2 Å². The summed E-state index contributed by atoms with van der Waals surface area (Å²) in [5.74, 6) is -2.00. The number of carboxylic acids is 1. The molecule has 2 N–H and O–H groups in total. The summed E-state index contributed by atoms with van der Waals surface area (Å²) in [5.41, 5.74) is 0.585. The first-order valence-corrected chi connectivity index (χ1v) is 6.53. The monoisotopic (exact) mass is 329 g/mol. The zero-order chi connectivity index (χ0) is 14.6. The quantitative estimate of drug-likeness (QED) is 0.870. The van der Waals surface area contributed by atoms with Crippen molar-refractivity contribution < 1.29 is 19.4 Å². The minimum Gasteiger partial charge on any atom is -0.496 e. The summed E-state index contributed by atoms with van der Waals surface area (Å²) in [6.07, 6.45) is 0. The van der Waals surface area contributed by atoms with Gasteiger partial charge in [-0.15, -0.1) is 0 Å². The molecule has 0 aromatic heterocycles. The molecule has 0 aliphatic rings. The predicted octanol–water partition coefficient (Wildman–Crippen LogP) is 2.75. The van der Waals surface area contributed by atoms with Crippen LogP contribution in [0.25, 0.3) is 0 Å². The normalized spacial score (nSPS) is 13.5. The molecule has 0 radical (unpaired) electrons. The molecule has 0 aliphatic carbocycles. The molecule has 0 saturated carbocycles. The first-order chi connectivity index (χ1) is 8.86. The number of anilines is 1. The fourth-order valence-corrected chi connectivity index (χ4v) is 1.98. The lowest BCUT2D eigenvalue weighted by atomic mass is 9.95. The van der Waals surface area contributed by atoms with Gasteiger partial charge in [0.15, 0.2) is 0 Å². The number of nitrogens with one attached hydrogen (secondary N) is 1. The van der Waals surface area contributed by atoms with Crippen LogP contribution >= 0.6 is 15.9 Å². The maximum Gasteiger partial charge on any atom is 0.307 e. The highest BCUT2D eigenvalue weighted by molar-refractivity contribution is 9.10. The van der Waals surface area contributed by atoms with Crippen molar-refractivity contribution in [2.24, 2.45) is 11.8 Å². The molecular formula is C13H16BrNO4. The second-order valence-corrected chi connectivity index (χ2v) is 5.11. The van der Waals surface area contributed by atoms with E-state index in [2.05, 4.69) is 21.2 Å². The minimum atomic E-state index is -0.987. The Morgan fingerprint density at radius 1 is 1.32 bits per heavy atom. The van der Waals surface area contributed by atoms with E-state index < -0.39 is 17.8 Å². The number of methoxy groups -OCH3 is 1. The molecule has 1 rings (SSSR count). The fraction of sp³-hybridized carbons (Fsp3) is 0.385. The molecule has 6 heteroatoms. The van der Waals surface area contributed by atoms with Gasteiger partial charge in [0.25, 0.3) is 0 Å². The summed E-state index contributed by atoms with van der Waals surface area (Å²) in [7, 11) is 1.55. The Balaban J connectivity index is 2.77. The predicted molar refractivity (Wildman–Crippen MR) is 75.3 cm³/mol. The number of aliphatic carboxylic acids is 1. The summed E-state index contributed by atoms with van der Waals surface area (Å²) in [4.78, 5) is 22.7. The van der Waals surface area contributed by atoms with Crippen LogP contribution in [0.2, 0.25) is 0 Å². The Morgan fingerprint density at radius 3 is 2.42 bits per heavy atom. The van der Waals surface area contributed by atoms with Crippen molar-refractivity contribution in [3.63, 3.8) is 0 Å². The van der Waals surface area contributed by atoms with Gasteiger partial charge >= 0.3 is 5.97 Å². The van der Waals surface area contributed by atoms with E-state index in [4.69, 9.17) is 9.84 Å². The van der Waals surface area contributed by atoms with Gasteiger partial charge in [0.05, 0.1) is 17.5 Å². The molecule has 1 aromatic carbocycles. The summed E-state index contributed by atoms with van der Waals surface area (Å²) >= 11 is 3.32. The molecule has 0 spiro atoms. The van der Waals surface area contributed by atoms with E-state index in [1.807, 2.05) is 0 Å². The average molecular weight is 330 g/mol. The molecule has 1 amide bonds. The molecule has 0 heterocycles. The molecule has 0 aliphatic heterocycles. The second kappa shape index (κ2) is 6.56. The highest BCUT2D eigenvalue weighted by Gasteiger charge is 2.25. The van der Waals surface area contributed by atoms with Crippen LogP contribution in [-0.4, -0.2) is 24.1 Å². The van der Waals surface area contributed by atoms with E-state index in [9.17, 15) is 9.59 Å². The molecule has 1 aromatic rings. The third-order valence-corrected chi connectivity index (χ3v) is 3.59. The van der Waals surface area contributed by atoms with Crippen molar-refractivity contribution in [2.45, 2.75) is 13.8 Å². The molecule has 19 heavy (non-hydrogen) atoms. The van der Waals surface area contributed by atoms with Gasteiger partial charge in [-0.3, -0.25) is 9.59 Å². The van der Waals surface area contributed by atoms with Gasteiger partial charge in [-0.05, 0) is 34.1 Å². The zero-order valence-electron chi connectivity index (χ0n) is 10.9. The first-order valence-electron chi connectivity index (χ1n) is 5.74. The van der Waals surface area contributed by atoms with Gasteiger partial charge in [0.1, 0.15) is 5.75 Å².